The van der Waals surface area contributed by atoms with Gasteiger partial charge in [0, 0.05) is 4.47 Å². The predicted molar refractivity (Wildman–Crippen MR) is 59.5 cm³/mol. The van der Waals surface area contributed by atoms with Gasteiger partial charge in [0.25, 0.3) is 0 Å². The van der Waals surface area contributed by atoms with Gasteiger partial charge in [-0.1, -0.05) is 34.1 Å². The number of carbonyl (C=O) groups is 1. The molecule has 0 bridgehead atoms. The highest BCUT2D eigenvalue weighted by Crippen LogP contribution is 2.26. The maximum absolute atomic E-state index is 10.9. The number of aliphatic carboxylic acids is 1. The molecular formula is C11H11BrO2. The van der Waals surface area contributed by atoms with Gasteiger partial charge in [0.15, 0.2) is 0 Å². The van der Waals surface area contributed by atoms with Crippen LogP contribution in [0.5, 0.6) is 0 Å². The van der Waals surface area contributed by atoms with Gasteiger partial charge in [-0.05, 0) is 24.1 Å². The van der Waals surface area contributed by atoms with Gasteiger partial charge < -0.3 is 5.11 Å². The lowest BCUT2D eigenvalue weighted by molar-refractivity contribution is -0.137. The molecular weight excluding hydrogens is 244 g/mol. The second-order valence-corrected chi connectivity index (χ2v) is 3.93. The molecule has 0 aromatic heterocycles. The molecule has 0 aliphatic heterocycles. The minimum absolute atomic E-state index is 0.648. The number of aryl methyl sites for hydroxylation is 1. The molecule has 0 aliphatic carbocycles. The molecule has 1 atom stereocenters. The maximum atomic E-state index is 10.9. The van der Waals surface area contributed by atoms with Crippen LogP contribution >= 0.6 is 15.9 Å². The summed E-state index contributed by atoms with van der Waals surface area (Å²) < 4.78 is 0.810. The topological polar surface area (TPSA) is 37.3 Å². The van der Waals surface area contributed by atoms with Gasteiger partial charge >= 0.3 is 5.97 Å². The number of benzene rings is 1. The highest BCUT2D eigenvalue weighted by Gasteiger charge is 2.18. The number of carboxylic acids is 1. The summed E-state index contributed by atoms with van der Waals surface area (Å²) in [7, 11) is 0. The number of carboxylic acid groups (broad SMARTS) is 1. The third-order valence-electron chi connectivity index (χ3n) is 1.99. The van der Waals surface area contributed by atoms with Gasteiger partial charge in [-0.2, -0.15) is 0 Å². The Morgan fingerprint density at radius 3 is 2.71 bits per heavy atom. The summed E-state index contributed by atoms with van der Waals surface area (Å²) >= 11 is 3.35. The van der Waals surface area contributed by atoms with Gasteiger partial charge in [-0.15, -0.1) is 6.58 Å². The Kier molecular flexibility index (Phi) is 3.47. The van der Waals surface area contributed by atoms with Crippen LogP contribution in [0.3, 0.4) is 0 Å². The SMILES string of the molecule is C=CC(C(=O)O)c1ccc(C)cc1Br. The van der Waals surface area contributed by atoms with Crippen LogP contribution in [0.1, 0.15) is 17.0 Å². The highest BCUT2D eigenvalue weighted by molar-refractivity contribution is 9.10. The second kappa shape index (κ2) is 4.42. The van der Waals surface area contributed by atoms with Gasteiger partial charge in [0.1, 0.15) is 5.92 Å². The largest absolute Gasteiger partial charge is 0.481 e. The van der Waals surface area contributed by atoms with E-state index in [4.69, 9.17) is 5.11 Å². The van der Waals surface area contributed by atoms with Crippen molar-refractivity contribution in [2.45, 2.75) is 12.8 Å². The summed E-state index contributed by atoms with van der Waals surface area (Å²) in [4.78, 5) is 10.9. The summed E-state index contributed by atoms with van der Waals surface area (Å²) in [6, 6.07) is 5.59. The van der Waals surface area contributed by atoms with Crippen LogP contribution in [-0.4, -0.2) is 11.1 Å². The molecule has 0 saturated carbocycles. The summed E-state index contributed by atoms with van der Waals surface area (Å²) in [5.41, 5.74) is 1.83. The zero-order chi connectivity index (χ0) is 10.7. The van der Waals surface area contributed by atoms with E-state index < -0.39 is 11.9 Å². The molecule has 0 fully saturated rings. The first-order valence-electron chi connectivity index (χ1n) is 4.17. The first-order valence-corrected chi connectivity index (χ1v) is 4.97. The third-order valence-corrected chi connectivity index (χ3v) is 2.68. The normalized spacial score (nSPS) is 12.1. The lowest BCUT2D eigenvalue weighted by atomic mass is 9.98. The summed E-state index contributed by atoms with van der Waals surface area (Å²) in [5.74, 6) is -1.53. The van der Waals surface area contributed by atoms with Crippen LogP contribution in [0.2, 0.25) is 0 Å². The van der Waals surface area contributed by atoms with Gasteiger partial charge in [-0.3, -0.25) is 4.79 Å². The van der Waals surface area contributed by atoms with E-state index in [1.165, 1.54) is 6.08 Å². The molecule has 14 heavy (non-hydrogen) atoms. The van der Waals surface area contributed by atoms with Crippen molar-refractivity contribution in [2.24, 2.45) is 0 Å². The molecule has 0 heterocycles. The molecule has 3 heteroatoms. The summed E-state index contributed by atoms with van der Waals surface area (Å²) in [6.45, 7) is 5.48. The number of hydrogen-bond donors (Lipinski definition) is 1. The van der Waals surface area contributed by atoms with E-state index in [9.17, 15) is 4.79 Å². The number of hydrogen-bond acceptors (Lipinski definition) is 1. The first kappa shape index (κ1) is 11.0. The monoisotopic (exact) mass is 254 g/mol. The number of halogens is 1. The Morgan fingerprint density at radius 1 is 1.64 bits per heavy atom. The van der Waals surface area contributed by atoms with Crippen molar-refractivity contribution in [1.82, 2.24) is 0 Å². The van der Waals surface area contributed by atoms with Crippen LogP contribution in [0.15, 0.2) is 35.3 Å². The Balaban J connectivity index is 3.17. The van der Waals surface area contributed by atoms with E-state index in [-0.39, 0.29) is 0 Å². The fourth-order valence-corrected chi connectivity index (χ4v) is 1.99. The van der Waals surface area contributed by atoms with E-state index in [0.29, 0.717) is 0 Å². The Labute approximate surface area is 91.4 Å². The van der Waals surface area contributed by atoms with Gasteiger partial charge in [0.2, 0.25) is 0 Å². The van der Waals surface area contributed by atoms with Crippen molar-refractivity contribution >= 4 is 21.9 Å². The lowest BCUT2D eigenvalue weighted by Crippen LogP contribution is -2.09. The fourth-order valence-electron chi connectivity index (χ4n) is 1.25. The van der Waals surface area contributed by atoms with E-state index in [0.717, 1.165) is 15.6 Å². The second-order valence-electron chi connectivity index (χ2n) is 3.08. The third kappa shape index (κ3) is 2.23. The molecule has 1 aromatic rings. The maximum Gasteiger partial charge on any atom is 0.314 e. The van der Waals surface area contributed by atoms with Crippen LogP contribution < -0.4 is 0 Å². The van der Waals surface area contributed by atoms with E-state index >= 15 is 0 Å². The van der Waals surface area contributed by atoms with Crippen LogP contribution in [-0.2, 0) is 4.79 Å². The van der Waals surface area contributed by atoms with Crippen molar-refractivity contribution in [3.8, 4) is 0 Å². The van der Waals surface area contributed by atoms with Crippen LogP contribution in [0.25, 0.3) is 0 Å². The standard InChI is InChI=1S/C11H11BrO2/c1-3-8(11(13)14)9-5-4-7(2)6-10(9)12/h3-6,8H,1H2,2H3,(H,13,14). The quantitative estimate of drug-likeness (QED) is 0.842. The molecule has 0 amide bonds. The Morgan fingerprint density at radius 2 is 2.29 bits per heavy atom. The van der Waals surface area contributed by atoms with Crippen molar-refractivity contribution in [2.75, 3.05) is 0 Å². The van der Waals surface area contributed by atoms with Crippen LogP contribution in [0, 0.1) is 6.92 Å². The van der Waals surface area contributed by atoms with E-state index in [1.807, 2.05) is 19.1 Å². The predicted octanol–water partition coefficient (Wildman–Crippen LogP) is 3.11. The molecule has 1 N–H and O–H groups in total. The van der Waals surface area contributed by atoms with Crippen molar-refractivity contribution in [1.29, 1.82) is 0 Å². The molecule has 1 unspecified atom stereocenters. The van der Waals surface area contributed by atoms with Gasteiger partial charge in [0.05, 0.1) is 0 Å². The van der Waals surface area contributed by atoms with Crippen LogP contribution in [0.4, 0.5) is 0 Å². The Bertz CT molecular complexity index is 372. The zero-order valence-corrected chi connectivity index (χ0v) is 9.41. The molecule has 1 rings (SSSR count). The fraction of sp³-hybridized carbons (Fsp3) is 0.182. The molecule has 0 radical (unpaired) electrons. The van der Waals surface area contributed by atoms with Crippen molar-refractivity contribution in [3.05, 3.63) is 46.5 Å². The minimum atomic E-state index is -0.885. The minimum Gasteiger partial charge on any atom is -0.481 e. The summed E-state index contributed by atoms with van der Waals surface area (Å²) in [5, 5.41) is 8.93. The smallest absolute Gasteiger partial charge is 0.314 e. The van der Waals surface area contributed by atoms with E-state index in [2.05, 4.69) is 22.5 Å². The van der Waals surface area contributed by atoms with Gasteiger partial charge in [-0.25, -0.2) is 0 Å². The average Bonchev–Trinajstić information content (AvgIpc) is 2.09. The highest BCUT2D eigenvalue weighted by atomic mass is 79.9. The first-order chi connectivity index (χ1) is 6.56. The molecule has 74 valence electrons. The molecule has 0 aliphatic rings. The molecule has 2 nitrogen and oxygen atoms in total. The Hall–Kier alpha value is -1.09. The molecule has 0 saturated heterocycles. The summed E-state index contributed by atoms with van der Waals surface area (Å²) in [6.07, 6.45) is 1.43. The molecule has 1 aromatic carbocycles. The molecule has 0 spiro atoms. The number of rotatable bonds is 3. The van der Waals surface area contributed by atoms with Crippen molar-refractivity contribution < 1.29 is 9.90 Å². The zero-order valence-electron chi connectivity index (χ0n) is 7.83. The lowest BCUT2D eigenvalue weighted by Gasteiger charge is -2.10. The van der Waals surface area contributed by atoms with E-state index in [1.54, 1.807) is 6.07 Å². The van der Waals surface area contributed by atoms with Crippen molar-refractivity contribution in [3.63, 3.8) is 0 Å². The average molecular weight is 255 g/mol.